The van der Waals surface area contributed by atoms with Crippen molar-refractivity contribution in [2.75, 3.05) is 186 Å². The van der Waals surface area contributed by atoms with Crippen LogP contribution in [0.25, 0.3) is 87.2 Å². The predicted octanol–water partition coefficient (Wildman–Crippen LogP) is 11.8. The van der Waals surface area contributed by atoms with Gasteiger partial charge in [0.2, 0.25) is 47.3 Å². The number of halogens is 4. The molecule has 2 bridgehead atoms. The van der Waals surface area contributed by atoms with E-state index in [2.05, 4.69) is 66.5 Å². The molecule has 10 N–H and O–H groups in total. The summed E-state index contributed by atoms with van der Waals surface area (Å²) < 4.78 is 39.9. The third-order valence-electron chi connectivity index (χ3n) is 28.8. The van der Waals surface area contributed by atoms with Gasteiger partial charge in [0.25, 0.3) is 0 Å². The van der Waals surface area contributed by atoms with E-state index >= 15 is 0 Å². The number of nitrogens with one attached hydrogen (secondary N) is 9. The van der Waals surface area contributed by atoms with Crippen LogP contribution >= 0.6 is 46.4 Å². The quantitative estimate of drug-likeness (QED) is 0.0339. The first-order valence-corrected chi connectivity index (χ1v) is 51.6. The molecule has 9 saturated heterocycles. The van der Waals surface area contributed by atoms with Crippen molar-refractivity contribution in [1.82, 2.24) is 84.4 Å². The molecular formula is C105H125Cl4N21O18. The number of nitrogens with zero attached hydrogens (tertiary/aromatic N) is 12. The number of aliphatic hydroxyl groups is 1. The van der Waals surface area contributed by atoms with Gasteiger partial charge in [-0.25, -0.2) is 4.79 Å². The molecule has 0 saturated carbocycles. The Labute approximate surface area is 873 Å². The number of likely N-dealkylation sites (tertiary alicyclic amines) is 3. The predicted molar refractivity (Wildman–Crippen MR) is 564 cm³/mol. The molecule has 0 aliphatic carbocycles. The van der Waals surface area contributed by atoms with Crippen molar-refractivity contribution in [2.24, 2.45) is 11.8 Å². The molecule has 9 fully saturated rings. The number of aromatic amines is 4. The Hall–Kier alpha value is -11.9. The maximum atomic E-state index is 13.7. The standard InChI is InChI=1S/C28H35ClN6O5.C27H32ClN5O5.C25H28ClN5O4.C25H30ClN5O4/c1-28(2)16-35(14-24(37)34-8-3-4-17(13-34)26(38)31-7-9-36)23(15-40-28)27(39)33-21-11-18(29)10-20-19-5-6-30-12-22(19)32-25(20)21;1-27(2)15-33(13-23(34)16-5-4-8-32(12-16)26(36)37-3)22(14-38-27)25(35)31-20-10-17(28)9-19-18-6-7-29-11-21(18)30-24(19)20;1-25(2)13-30(10-22(32)31-9-16-7-15(31)11-34-16)21(12-35-25)24(33)29-19-6-14(26)5-18-17-3-4-27-8-20(17)28-23(18)19;1-25(2)15-31(13-22(32)30-6-3-8-34-9-7-30)21(14-35-25)24(33)29-19-11-16(26)10-18-17-4-5-27-12-20(17)28-23(18)19/h5-6,10-12,17,23,32,36H,3-4,7-9,13-16H2,1-2H3,(H,31,38)(H,33,39);6-7,9-11,16,22,30H,4-5,8,12-15H2,1-3H3,(H,31,35);3-6,8,15-16,21,28H,7,9-13H2,1-2H3,(H,29,33);4-5,10-12,21,28H,3,6-9,13-15H2,1-2H3,(H,29,33)/t17?,23-;16?,22-;15-,16-,21-;21-/m0000/s1. The number of hydrogen-bond acceptors (Lipinski definition) is 26. The zero-order valence-electron chi connectivity index (χ0n) is 84.1. The highest BCUT2D eigenvalue weighted by Crippen LogP contribution is 2.41. The summed E-state index contributed by atoms with van der Waals surface area (Å²) in [5.74, 6) is -1.94. The van der Waals surface area contributed by atoms with Gasteiger partial charge in [0.15, 0.2) is 5.78 Å². The fourth-order valence-electron chi connectivity index (χ4n) is 21.5. The third kappa shape index (κ3) is 24.4. The number of anilines is 4. The summed E-state index contributed by atoms with van der Waals surface area (Å²) in [6.07, 6.45) is 18.1. The van der Waals surface area contributed by atoms with E-state index in [1.165, 1.54) is 7.11 Å². The molecule has 9 aliphatic heterocycles. The number of benzene rings is 4. The largest absolute Gasteiger partial charge is 0.453 e. The third-order valence-corrected chi connectivity index (χ3v) is 29.7. The average Bonchev–Trinajstić information content (AvgIpc) is 1.69. The van der Waals surface area contributed by atoms with Crippen molar-refractivity contribution in [3.8, 4) is 0 Å². The summed E-state index contributed by atoms with van der Waals surface area (Å²) in [5, 5.41) is 33.2. The number of amides is 9. The Balaban J connectivity index is 0.000000129. The van der Waals surface area contributed by atoms with Gasteiger partial charge in [-0.2, -0.15) is 0 Å². The Morgan fingerprint density at radius 3 is 1.15 bits per heavy atom. The second-order valence-corrected chi connectivity index (χ2v) is 43.5. The Morgan fingerprint density at radius 2 is 0.777 bits per heavy atom. The monoisotopic (exact) mass is 2110 g/mol. The van der Waals surface area contributed by atoms with E-state index in [4.69, 9.17) is 84.7 Å². The number of carbonyl (C=O) groups is 10. The first-order chi connectivity index (χ1) is 70.9. The lowest BCUT2D eigenvalue weighted by molar-refractivity contribution is -0.153. The van der Waals surface area contributed by atoms with Crippen LogP contribution in [0.1, 0.15) is 93.9 Å². The summed E-state index contributed by atoms with van der Waals surface area (Å²) in [4.78, 5) is 176. The molecule has 17 heterocycles. The van der Waals surface area contributed by atoms with Gasteiger partial charge in [-0.1, -0.05) is 46.4 Å². The van der Waals surface area contributed by atoms with Crippen LogP contribution in [0.3, 0.4) is 0 Å². The fourth-order valence-corrected chi connectivity index (χ4v) is 22.4. The van der Waals surface area contributed by atoms with E-state index in [1.807, 2.05) is 133 Å². The molecule has 8 atom stereocenters. The van der Waals surface area contributed by atoms with Crippen molar-refractivity contribution < 1.29 is 86.2 Å². The maximum Gasteiger partial charge on any atom is 0.409 e. The lowest BCUT2D eigenvalue weighted by atomic mass is 9.92. The number of methoxy groups -OCH3 is 1. The smallest absolute Gasteiger partial charge is 0.409 e. The molecule has 4 aromatic carbocycles. The molecule has 0 radical (unpaired) electrons. The summed E-state index contributed by atoms with van der Waals surface area (Å²) >= 11 is 25.7. The number of aromatic nitrogens is 8. The summed E-state index contributed by atoms with van der Waals surface area (Å²) in [7, 11) is 1.34. The summed E-state index contributed by atoms with van der Waals surface area (Å²) in [6, 6.07) is 19.5. The van der Waals surface area contributed by atoms with Crippen LogP contribution in [0.4, 0.5) is 27.5 Å². The normalized spacial score (nSPS) is 22.6. The van der Waals surface area contributed by atoms with Crippen LogP contribution < -0.4 is 26.6 Å². The SMILES string of the molecule is CC1(C)CN(CC(=O)N2CCCC(C(=O)NCCO)C2)[C@H](C(=O)Nc2cc(Cl)cc3c2[nH]c2cnccc23)CO1.CC1(C)CN(CC(=O)N2CCCOCC2)[C@H](C(=O)Nc2cc(Cl)cc3c2[nH]c2cnccc23)CO1.CC1(C)CN(CC(=O)N2C[C@@H]3C[C@H]2CO3)[C@H](C(=O)Nc2cc(Cl)cc3c2[nH]c2cnccc23)CO1.COC(=O)N1CCCC(C(=O)CN2CC(C)(C)OC[C@H]2C(=O)Nc2cc(Cl)cc3c2[nH]c2cnccc23)C1. The number of fused-ring (bicyclic) bond motifs is 14. The van der Waals surface area contributed by atoms with Crippen LogP contribution in [-0.2, 0) is 76.3 Å². The van der Waals surface area contributed by atoms with Crippen molar-refractivity contribution in [1.29, 1.82) is 0 Å². The number of ketones is 1. The lowest BCUT2D eigenvalue weighted by Gasteiger charge is -2.43. The number of H-pyrrole nitrogens is 4. The molecule has 0 spiro atoms. The number of aliphatic hydroxyl groups excluding tert-OH is 1. The van der Waals surface area contributed by atoms with Gasteiger partial charge in [-0.05, 0) is 167 Å². The van der Waals surface area contributed by atoms with Gasteiger partial charge in [0, 0.05) is 179 Å². The molecule has 21 rings (SSSR count). The van der Waals surface area contributed by atoms with E-state index in [-0.39, 0.29) is 143 Å². The van der Waals surface area contributed by atoms with E-state index < -0.39 is 52.7 Å². The first-order valence-electron chi connectivity index (χ1n) is 50.1. The number of carbonyl (C=O) groups excluding carboxylic acids is 10. The van der Waals surface area contributed by atoms with Gasteiger partial charge < -0.3 is 104 Å². The van der Waals surface area contributed by atoms with Crippen LogP contribution in [0.5, 0.6) is 0 Å². The number of Topliss-reactive ketones (excluding diaryl/α,β-unsaturated/α-hetero) is 1. The van der Waals surface area contributed by atoms with Crippen molar-refractivity contribution >= 4 is 216 Å². The highest BCUT2D eigenvalue weighted by atomic mass is 35.5. The number of rotatable bonds is 20. The van der Waals surface area contributed by atoms with Crippen LogP contribution in [0.15, 0.2) is 122 Å². The highest BCUT2D eigenvalue weighted by Gasteiger charge is 2.48. The lowest BCUT2D eigenvalue weighted by Crippen LogP contribution is -2.60. The minimum absolute atomic E-state index is 0.000682. The van der Waals surface area contributed by atoms with E-state index in [0.29, 0.717) is 154 Å². The van der Waals surface area contributed by atoms with Crippen molar-refractivity contribution in [2.45, 2.75) is 153 Å². The van der Waals surface area contributed by atoms with Crippen LogP contribution in [-0.4, -0.2) is 367 Å². The molecule has 148 heavy (non-hydrogen) atoms. The second-order valence-electron chi connectivity index (χ2n) is 41.8. The van der Waals surface area contributed by atoms with Crippen molar-refractivity contribution in [3.63, 3.8) is 0 Å². The molecule has 9 amide bonds. The number of morpholine rings is 5. The number of ether oxygens (including phenoxy) is 7. The second kappa shape index (κ2) is 45.1. The highest BCUT2D eigenvalue weighted by molar-refractivity contribution is 6.35. The Kier molecular flexibility index (Phi) is 32.3. The number of hydrogen-bond donors (Lipinski definition) is 10. The molecule has 8 aromatic heterocycles. The first kappa shape index (κ1) is 106. The molecule has 12 aromatic rings. The van der Waals surface area contributed by atoms with E-state index in [9.17, 15) is 47.9 Å². The average molecular weight is 2110 g/mol. The zero-order chi connectivity index (χ0) is 104. The molecule has 2 unspecified atom stereocenters. The molecule has 39 nitrogen and oxygen atoms in total. The van der Waals surface area contributed by atoms with Crippen LogP contribution in [0.2, 0.25) is 20.1 Å². The molecular weight excluding hydrogens is 1990 g/mol. The number of piperidine rings is 2. The topological polar surface area (TPSA) is 456 Å². The van der Waals surface area contributed by atoms with Gasteiger partial charge in [0.1, 0.15) is 24.2 Å². The minimum Gasteiger partial charge on any atom is -0.453 e. The minimum atomic E-state index is -0.703. The van der Waals surface area contributed by atoms with Crippen LogP contribution in [0, 0.1) is 11.8 Å². The fraction of sp³-hybridized carbons (Fsp3) is 0.486. The van der Waals surface area contributed by atoms with E-state index in [0.717, 1.165) is 106 Å². The van der Waals surface area contributed by atoms with Gasteiger partial charge in [0.05, 0.1) is 212 Å². The zero-order valence-corrected chi connectivity index (χ0v) is 87.2. The number of pyridine rings is 4. The molecule has 43 heteroatoms. The van der Waals surface area contributed by atoms with E-state index in [1.54, 1.807) is 83.6 Å². The van der Waals surface area contributed by atoms with Gasteiger partial charge in [-0.3, -0.25) is 82.7 Å². The Bertz CT molecular complexity index is 7030. The summed E-state index contributed by atoms with van der Waals surface area (Å²) in [6.45, 7) is 23.9. The molecule has 9 aliphatic rings. The summed E-state index contributed by atoms with van der Waals surface area (Å²) in [5.41, 5.74) is 6.67. The van der Waals surface area contributed by atoms with Gasteiger partial charge >= 0.3 is 6.09 Å². The van der Waals surface area contributed by atoms with Crippen molar-refractivity contribution in [3.05, 3.63) is 142 Å². The Morgan fingerprint density at radius 1 is 0.419 bits per heavy atom. The molecule has 786 valence electrons. The van der Waals surface area contributed by atoms with Gasteiger partial charge in [-0.15, -0.1) is 0 Å². The maximum absolute atomic E-state index is 13.7.